The van der Waals surface area contributed by atoms with Gasteiger partial charge in [0.15, 0.2) is 0 Å². The van der Waals surface area contributed by atoms with Crippen molar-refractivity contribution in [3.8, 4) is 0 Å². The van der Waals surface area contributed by atoms with E-state index in [1.54, 1.807) is 29.2 Å². The van der Waals surface area contributed by atoms with Gasteiger partial charge in [-0.15, -0.1) is 10.1 Å². The van der Waals surface area contributed by atoms with Gasteiger partial charge in [-0.3, -0.25) is 9.69 Å². The molecule has 0 spiro atoms. The van der Waals surface area contributed by atoms with Crippen LogP contribution in [0.5, 0.6) is 0 Å². The van der Waals surface area contributed by atoms with Gasteiger partial charge in [-0.05, 0) is 42.9 Å². The smallest absolute Gasteiger partial charge is 0.294 e. The highest BCUT2D eigenvalue weighted by atomic mass is 16.9. The Morgan fingerprint density at radius 3 is 2.69 bits per heavy atom. The number of rotatable bonds is 8. The van der Waals surface area contributed by atoms with Crippen molar-refractivity contribution >= 4 is 11.9 Å². The minimum Gasteiger partial charge on any atom is -0.463 e. The predicted octanol–water partition coefficient (Wildman–Crippen LogP) is 2.80. The summed E-state index contributed by atoms with van der Waals surface area (Å²) in [6.07, 6.45) is 4.14. The van der Waals surface area contributed by atoms with Crippen molar-refractivity contribution in [2.24, 2.45) is 10.9 Å². The fourth-order valence-corrected chi connectivity index (χ4v) is 3.21. The Morgan fingerprint density at radius 1 is 1.42 bits per heavy atom. The molecule has 1 heterocycles. The fraction of sp³-hybridized carbons (Fsp3) is 0.556. The lowest BCUT2D eigenvalue weighted by molar-refractivity contribution is -0.763. The second kappa shape index (κ2) is 8.16. The lowest BCUT2D eigenvalue weighted by atomic mass is 10.0. The Labute approximate surface area is 151 Å². The molecule has 1 amide bonds. The summed E-state index contributed by atoms with van der Waals surface area (Å²) in [5.41, 5.74) is 1.14. The Balaban J connectivity index is 1.79. The molecule has 1 saturated carbocycles. The number of carbonyl (C=O) groups is 1. The molecule has 0 N–H and O–H groups in total. The molecule has 1 aliphatic carbocycles. The Kier molecular flexibility index (Phi) is 5.70. The second-order valence-electron chi connectivity index (χ2n) is 6.58. The first kappa shape index (κ1) is 18.2. The monoisotopic (exact) mass is 361 g/mol. The Morgan fingerprint density at radius 2 is 2.15 bits per heavy atom. The molecule has 0 aromatic heterocycles. The van der Waals surface area contributed by atoms with Gasteiger partial charge in [-0.2, -0.15) is 0 Å². The van der Waals surface area contributed by atoms with Crippen LogP contribution in [0.25, 0.3) is 0 Å². The van der Waals surface area contributed by atoms with Crippen LogP contribution in [0.1, 0.15) is 48.5 Å². The van der Waals surface area contributed by atoms with E-state index < -0.39 is 5.09 Å². The van der Waals surface area contributed by atoms with Gasteiger partial charge in [0.1, 0.15) is 13.2 Å². The van der Waals surface area contributed by atoms with E-state index in [2.05, 4.69) is 16.8 Å². The van der Waals surface area contributed by atoms with Gasteiger partial charge in [0.2, 0.25) is 0 Å². The standard InChI is InChI=1S/C18H23N3O5/c1-2-3-16(14-8-9-14)20(18-19-10-11-25-18)17(22)15-6-4-13(5-7-15)12-26-21(23)24/h4-7,14,16H,2-3,8-12H2,1H3. The van der Waals surface area contributed by atoms with E-state index in [1.807, 2.05) is 0 Å². The van der Waals surface area contributed by atoms with Crippen LogP contribution in [0, 0.1) is 16.0 Å². The largest absolute Gasteiger partial charge is 0.463 e. The highest BCUT2D eigenvalue weighted by Gasteiger charge is 2.40. The summed E-state index contributed by atoms with van der Waals surface area (Å²) in [6.45, 7) is 3.04. The average molecular weight is 361 g/mol. The van der Waals surface area contributed by atoms with Crippen LogP contribution < -0.4 is 0 Å². The van der Waals surface area contributed by atoms with Gasteiger partial charge < -0.3 is 9.57 Å². The van der Waals surface area contributed by atoms with Gasteiger partial charge in [-0.25, -0.2) is 4.99 Å². The molecule has 1 aliphatic heterocycles. The van der Waals surface area contributed by atoms with Crippen LogP contribution in [0.4, 0.5) is 0 Å². The van der Waals surface area contributed by atoms with Crippen LogP contribution in [0.2, 0.25) is 0 Å². The van der Waals surface area contributed by atoms with Gasteiger partial charge in [0, 0.05) is 11.6 Å². The number of nitrogens with zero attached hydrogens (tertiary/aromatic N) is 3. The van der Waals surface area contributed by atoms with Crippen molar-refractivity contribution in [3.05, 3.63) is 45.5 Å². The molecular weight excluding hydrogens is 338 g/mol. The zero-order chi connectivity index (χ0) is 18.5. The lowest BCUT2D eigenvalue weighted by Gasteiger charge is -2.30. The molecule has 1 unspecified atom stereocenters. The van der Waals surface area contributed by atoms with Crippen LogP contribution in [0.3, 0.4) is 0 Å². The van der Waals surface area contributed by atoms with Crippen LogP contribution in [0.15, 0.2) is 29.3 Å². The van der Waals surface area contributed by atoms with E-state index in [-0.39, 0.29) is 18.6 Å². The normalized spacial score (nSPS) is 17.2. The topological polar surface area (TPSA) is 94.3 Å². The molecule has 1 aromatic rings. The molecule has 1 aromatic carbocycles. The predicted molar refractivity (Wildman–Crippen MR) is 94.1 cm³/mol. The highest BCUT2D eigenvalue weighted by molar-refractivity contribution is 6.04. The molecule has 140 valence electrons. The maximum absolute atomic E-state index is 13.2. The summed E-state index contributed by atoms with van der Waals surface area (Å²) in [4.78, 5) is 33.9. The van der Waals surface area contributed by atoms with Crippen molar-refractivity contribution in [1.82, 2.24) is 4.90 Å². The first-order chi connectivity index (χ1) is 12.6. The number of hydrogen-bond donors (Lipinski definition) is 0. The summed E-state index contributed by atoms with van der Waals surface area (Å²) in [5.74, 6) is 0.358. The molecule has 0 radical (unpaired) electrons. The summed E-state index contributed by atoms with van der Waals surface area (Å²) < 4.78 is 5.61. The minimum absolute atomic E-state index is 0.0989. The molecule has 0 bridgehead atoms. The second-order valence-corrected chi connectivity index (χ2v) is 6.58. The van der Waals surface area contributed by atoms with Crippen molar-refractivity contribution in [1.29, 1.82) is 0 Å². The molecule has 3 rings (SSSR count). The van der Waals surface area contributed by atoms with Crippen molar-refractivity contribution in [3.63, 3.8) is 0 Å². The molecular formula is C18H23N3O5. The molecule has 1 fully saturated rings. The van der Waals surface area contributed by atoms with Crippen molar-refractivity contribution < 1.29 is 19.5 Å². The third kappa shape index (κ3) is 4.30. The SMILES string of the molecule is CCCC(C1CC1)N(C(=O)c1ccc(CO[N+](=O)[O-])cc1)C1=NCCO1. The zero-order valence-corrected chi connectivity index (χ0v) is 14.8. The maximum atomic E-state index is 13.2. The van der Waals surface area contributed by atoms with Crippen molar-refractivity contribution in [2.75, 3.05) is 13.2 Å². The minimum atomic E-state index is -0.832. The first-order valence-corrected chi connectivity index (χ1v) is 8.97. The number of amidine groups is 1. The molecule has 26 heavy (non-hydrogen) atoms. The summed E-state index contributed by atoms with van der Waals surface area (Å²) in [6, 6.07) is 7.18. The number of carbonyl (C=O) groups excluding carboxylic acids is 1. The maximum Gasteiger partial charge on any atom is 0.294 e. The number of aliphatic imine (C=N–C) groups is 1. The number of amides is 1. The molecule has 2 aliphatic rings. The summed E-state index contributed by atoms with van der Waals surface area (Å²) >= 11 is 0. The number of ether oxygens (including phenoxy) is 1. The van der Waals surface area contributed by atoms with Crippen LogP contribution in [-0.2, 0) is 16.2 Å². The third-order valence-corrected chi connectivity index (χ3v) is 4.61. The Hall–Kier alpha value is -2.64. The quantitative estimate of drug-likeness (QED) is 0.524. The molecule has 8 nitrogen and oxygen atoms in total. The number of hydrogen-bond acceptors (Lipinski definition) is 6. The summed E-state index contributed by atoms with van der Waals surface area (Å²) in [7, 11) is 0. The van der Waals surface area contributed by atoms with Crippen LogP contribution in [-0.4, -0.2) is 41.1 Å². The molecule has 0 saturated heterocycles. The summed E-state index contributed by atoms with van der Waals surface area (Å²) in [5, 5.41) is 9.45. The lowest BCUT2D eigenvalue weighted by Crippen LogP contribution is -2.46. The fourth-order valence-electron chi connectivity index (χ4n) is 3.21. The molecule has 8 heteroatoms. The van der Waals surface area contributed by atoms with Gasteiger partial charge >= 0.3 is 0 Å². The number of benzene rings is 1. The third-order valence-electron chi connectivity index (χ3n) is 4.61. The van der Waals surface area contributed by atoms with Gasteiger partial charge in [0.05, 0.1) is 6.54 Å². The van der Waals surface area contributed by atoms with E-state index in [1.165, 1.54) is 0 Å². The van der Waals surface area contributed by atoms with E-state index in [4.69, 9.17) is 4.74 Å². The van der Waals surface area contributed by atoms with E-state index >= 15 is 0 Å². The highest BCUT2D eigenvalue weighted by Crippen LogP contribution is 2.38. The first-order valence-electron chi connectivity index (χ1n) is 8.97. The van der Waals surface area contributed by atoms with E-state index in [0.29, 0.717) is 36.2 Å². The van der Waals surface area contributed by atoms with E-state index in [9.17, 15) is 14.9 Å². The van der Waals surface area contributed by atoms with E-state index in [0.717, 1.165) is 25.7 Å². The average Bonchev–Trinajstić information content (AvgIpc) is 3.35. The van der Waals surface area contributed by atoms with Gasteiger partial charge in [0.25, 0.3) is 17.0 Å². The zero-order valence-electron chi connectivity index (χ0n) is 14.8. The Bertz CT molecular complexity index is 685. The molecule has 1 atom stereocenters. The van der Waals surface area contributed by atoms with Crippen LogP contribution >= 0.6 is 0 Å². The van der Waals surface area contributed by atoms with Crippen molar-refractivity contribution in [2.45, 2.75) is 45.3 Å². The van der Waals surface area contributed by atoms with Gasteiger partial charge in [-0.1, -0.05) is 25.5 Å².